The lowest BCUT2D eigenvalue weighted by Crippen LogP contribution is -2.34. The van der Waals surface area contributed by atoms with E-state index >= 15 is 0 Å². The van der Waals surface area contributed by atoms with E-state index < -0.39 is 0 Å². The minimum absolute atomic E-state index is 0.498. The Morgan fingerprint density at radius 3 is 2.57 bits per heavy atom. The Hall–Kier alpha value is -1.31. The third kappa shape index (κ3) is 4.63. The molecule has 0 amide bonds. The number of unbranched alkanes of at least 4 members (excludes halogenated alkanes) is 1. The number of hydrogen-bond donors (Lipinski definition) is 0. The topological polar surface area (TPSA) is 9.23 Å². The highest BCUT2D eigenvalue weighted by atomic mass is 19.1. The van der Waals surface area contributed by atoms with Crippen molar-refractivity contribution in [3.63, 3.8) is 0 Å². The Morgan fingerprint density at radius 2 is 1.75 bits per heavy atom. The maximum atomic E-state index is 12.5. The number of aryl methyl sites for hydroxylation is 1. The van der Waals surface area contributed by atoms with Gasteiger partial charge in [0.2, 0.25) is 0 Å². The molecule has 5 unspecified atom stereocenters. The van der Waals surface area contributed by atoms with Crippen molar-refractivity contribution in [2.75, 3.05) is 6.61 Å². The van der Waals surface area contributed by atoms with E-state index in [1.807, 2.05) is 0 Å². The van der Waals surface area contributed by atoms with Crippen LogP contribution in [0.15, 0.2) is 30.6 Å². The average molecular weight is 385 g/mol. The van der Waals surface area contributed by atoms with Gasteiger partial charge in [-0.15, -0.1) is 0 Å². The van der Waals surface area contributed by atoms with Crippen LogP contribution in [-0.4, -0.2) is 6.61 Å². The lowest BCUT2D eigenvalue weighted by atomic mass is 9.61. The zero-order valence-corrected chi connectivity index (χ0v) is 17.5. The first-order valence-electron chi connectivity index (χ1n) is 11.8. The van der Waals surface area contributed by atoms with Gasteiger partial charge in [0, 0.05) is 0 Å². The smallest absolute Gasteiger partial charge is 0.119 e. The SMILES string of the molecule is CCCCOc1ccc2c(c1)CCC(C1CCC3CC(C=CF)CCC3C1)C2. The highest BCUT2D eigenvalue weighted by Gasteiger charge is 2.38. The van der Waals surface area contributed by atoms with Crippen LogP contribution in [-0.2, 0) is 12.8 Å². The van der Waals surface area contributed by atoms with Crippen LogP contribution >= 0.6 is 0 Å². The number of fused-ring (bicyclic) bond motifs is 2. The van der Waals surface area contributed by atoms with Crippen molar-refractivity contribution in [3.8, 4) is 5.75 Å². The molecule has 1 nitrogen and oxygen atoms in total. The zero-order valence-electron chi connectivity index (χ0n) is 17.5. The van der Waals surface area contributed by atoms with Crippen LogP contribution < -0.4 is 4.74 Å². The molecule has 0 radical (unpaired) electrons. The lowest BCUT2D eigenvalue weighted by molar-refractivity contribution is 0.0809. The van der Waals surface area contributed by atoms with Gasteiger partial charge in [0.15, 0.2) is 0 Å². The van der Waals surface area contributed by atoms with Gasteiger partial charge in [-0.05, 0) is 117 Å². The molecule has 1 aromatic carbocycles. The predicted molar refractivity (Wildman–Crippen MR) is 114 cm³/mol. The molecular weight excluding hydrogens is 347 g/mol. The molecule has 154 valence electrons. The molecule has 4 rings (SSSR count). The second kappa shape index (κ2) is 9.46. The summed E-state index contributed by atoms with van der Waals surface area (Å²) in [6.45, 7) is 3.04. The van der Waals surface area contributed by atoms with Gasteiger partial charge in [0.05, 0.1) is 12.9 Å². The van der Waals surface area contributed by atoms with Crippen molar-refractivity contribution in [1.29, 1.82) is 0 Å². The number of halogens is 1. The number of rotatable bonds is 6. The maximum Gasteiger partial charge on any atom is 0.119 e. The summed E-state index contributed by atoms with van der Waals surface area (Å²) in [4.78, 5) is 0. The maximum absolute atomic E-state index is 12.5. The van der Waals surface area contributed by atoms with Gasteiger partial charge in [0.25, 0.3) is 0 Å². The number of ether oxygens (including phenoxy) is 1. The van der Waals surface area contributed by atoms with Crippen molar-refractivity contribution in [1.82, 2.24) is 0 Å². The first-order valence-corrected chi connectivity index (χ1v) is 11.8. The van der Waals surface area contributed by atoms with Crippen molar-refractivity contribution < 1.29 is 9.13 Å². The standard InChI is InChI=1S/C26H37FO/c1-2-3-14-28-26-11-10-24-17-23(8-9-25(24)18-26)22-7-6-20-15-19(12-13-27)4-5-21(20)16-22/h10-13,18-23H,2-9,14-17H2,1H3. The van der Waals surface area contributed by atoms with Crippen LogP contribution in [0.1, 0.15) is 75.8 Å². The summed E-state index contributed by atoms with van der Waals surface area (Å²) in [5.41, 5.74) is 3.09. The highest BCUT2D eigenvalue weighted by Crippen LogP contribution is 2.48. The summed E-state index contributed by atoms with van der Waals surface area (Å²) in [5.74, 6) is 5.08. The molecule has 0 aromatic heterocycles. The van der Waals surface area contributed by atoms with Gasteiger partial charge in [-0.1, -0.05) is 25.5 Å². The molecule has 2 saturated carbocycles. The van der Waals surface area contributed by atoms with Crippen LogP contribution in [0, 0.1) is 29.6 Å². The van der Waals surface area contributed by atoms with Crippen LogP contribution in [0.2, 0.25) is 0 Å². The van der Waals surface area contributed by atoms with E-state index in [0.717, 1.165) is 48.8 Å². The molecule has 0 aliphatic heterocycles. The molecule has 5 atom stereocenters. The average Bonchev–Trinajstić information content (AvgIpc) is 2.73. The Kier molecular flexibility index (Phi) is 6.75. The van der Waals surface area contributed by atoms with E-state index in [1.165, 1.54) is 69.8 Å². The van der Waals surface area contributed by atoms with Crippen LogP contribution in [0.25, 0.3) is 0 Å². The quantitative estimate of drug-likeness (QED) is 0.468. The molecule has 28 heavy (non-hydrogen) atoms. The van der Waals surface area contributed by atoms with Crippen LogP contribution in [0.3, 0.4) is 0 Å². The summed E-state index contributed by atoms with van der Waals surface area (Å²) in [5, 5.41) is 0. The fraction of sp³-hybridized carbons (Fsp3) is 0.692. The predicted octanol–water partition coefficient (Wildman–Crippen LogP) is 7.29. The number of allylic oxidation sites excluding steroid dienone is 1. The summed E-state index contributed by atoms with van der Waals surface area (Å²) in [6, 6.07) is 6.83. The monoisotopic (exact) mass is 384 g/mol. The number of benzene rings is 1. The molecule has 2 heteroatoms. The van der Waals surface area contributed by atoms with Crippen molar-refractivity contribution >= 4 is 0 Å². The normalized spacial score (nSPS) is 32.7. The molecule has 0 N–H and O–H groups in total. The zero-order chi connectivity index (χ0) is 19.3. The van der Waals surface area contributed by atoms with Crippen molar-refractivity contribution in [2.24, 2.45) is 29.6 Å². The molecule has 3 aliphatic rings. The van der Waals surface area contributed by atoms with Gasteiger partial charge >= 0.3 is 0 Å². The molecule has 0 saturated heterocycles. The third-order valence-corrected chi connectivity index (χ3v) is 7.92. The van der Waals surface area contributed by atoms with Crippen LogP contribution in [0.4, 0.5) is 4.39 Å². The summed E-state index contributed by atoms with van der Waals surface area (Å²) in [6.07, 6.45) is 16.7. The molecule has 0 heterocycles. The molecular formula is C26H37FO. The molecule has 3 aliphatic carbocycles. The first-order chi connectivity index (χ1) is 13.8. The largest absolute Gasteiger partial charge is 0.494 e. The van der Waals surface area contributed by atoms with Gasteiger partial charge in [0.1, 0.15) is 5.75 Å². The second-order valence-corrected chi connectivity index (χ2v) is 9.62. The number of hydrogen-bond acceptors (Lipinski definition) is 1. The molecule has 2 fully saturated rings. The Balaban J connectivity index is 1.32. The van der Waals surface area contributed by atoms with E-state index in [2.05, 4.69) is 25.1 Å². The van der Waals surface area contributed by atoms with E-state index in [4.69, 9.17) is 4.74 Å². The van der Waals surface area contributed by atoms with Gasteiger partial charge < -0.3 is 4.74 Å². The van der Waals surface area contributed by atoms with E-state index in [1.54, 1.807) is 11.6 Å². The van der Waals surface area contributed by atoms with Crippen molar-refractivity contribution in [2.45, 2.75) is 77.6 Å². The Labute approximate surface area is 170 Å². The van der Waals surface area contributed by atoms with Gasteiger partial charge in [-0.3, -0.25) is 0 Å². The first kappa shape index (κ1) is 20.0. The van der Waals surface area contributed by atoms with E-state index in [-0.39, 0.29) is 0 Å². The highest BCUT2D eigenvalue weighted by molar-refractivity contribution is 5.37. The summed E-state index contributed by atoms with van der Waals surface area (Å²) in [7, 11) is 0. The fourth-order valence-corrected chi connectivity index (χ4v) is 6.25. The Morgan fingerprint density at radius 1 is 0.964 bits per heavy atom. The molecule has 0 bridgehead atoms. The minimum Gasteiger partial charge on any atom is -0.494 e. The van der Waals surface area contributed by atoms with Gasteiger partial charge in [-0.25, -0.2) is 4.39 Å². The molecule has 0 spiro atoms. The summed E-state index contributed by atoms with van der Waals surface area (Å²) >= 11 is 0. The second-order valence-electron chi connectivity index (χ2n) is 9.62. The van der Waals surface area contributed by atoms with Crippen LogP contribution in [0.5, 0.6) is 5.75 Å². The molecule has 1 aromatic rings. The summed E-state index contributed by atoms with van der Waals surface area (Å²) < 4.78 is 18.5. The third-order valence-electron chi connectivity index (χ3n) is 7.92. The van der Waals surface area contributed by atoms with E-state index in [9.17, 15) is 4.39 Å². The van der Waals surface area contributed by atoms with Crippen molar-refractivity contribution in [3.05, 3.63) is 41.7 Å². The Bertz CT molecular complexity index is 666. The van der Waals surface area contributed by atoms with Gasteiger partial charge in [-0.2, -0.15) is 0 Å². The lowest BCUT2D eigenvalue weighted by Gasteiger charge is -2.44. The minimum atomic E-state index is 0.498. The fourth-order valence-electron chi connectivity index (χ4n) is 6.25. The van der Waals surface area contributed by atoms with E-state index in [0.29, 0.717) is 5.92 Å².